The van der Waals surface area contributed by atoms with E-state index in [1.165, 1.54) is 17.7 Å². The van der Waals surface area contributed by atoms with Gasteiger partial charge in [0.15, 0.2) is 0 Å². The summed E-state index contributed by atoms with van der Waals surface area (Å²) in [5, 5.41) is 10.5. The lowest BCUT2D eigenvalue weighted by Crippen LogP contribution is -2.35. The van der Waals surface area contributed by atoms with Crippen molar-refractivity contribution in [2.45, 2.75) is 45.1 Å². The summed E-state index contributed by atoms with van der Waals surface area (Å²) in [6, 6.07) is 10.3. The largest absolute Gasteiger partial charge is 0.392 e. The number of nitrogens with zero attached hydrogens (tertiary/aromatic N) is 1. The van der Waals surface area contributed by atoms with Crippen molar-refractivity contribution < 1.29 is 9.50 Å². The van der Waals surface area contributed by atoms with E-state index in [1.54, 1.807) is 12.1 Å². The number of rotatable bonds is 5. The number of aliphatic hydroxyl groups is 1. The fourth-order valence-electron chi connectivity index (χ4n) is 2.31. The zero-order chi connectivity index (χ0) is 15.5. The fourth-order valence-corrected chi connectivity index (χ4v) is 2.31. The molecule has 112 valence electrons. The molecule has 1 atom stereocenters. The first kappa shape index (κ1) is 15.6. The molecule has 0 radical (unpaired) electrons. The average molecular weight is 287 g/mol. The van der Waals surface area contributed by atoms with E-state index >= 15 is 0 Å². The van der Waals surface area contributed by atoms with E-state index in [-0.39, 0.29) is 5.82 Å². The number of benzene rings is 1. The Labute approximate surface area is 125 Å². The van der Waals surface area contributed by atoms with Crippen molar-refractivity contribution in [2.75, 3.05) is 0 Å². The first-order valence-corrected chi connectivity index (χ1v) is 7.31. The standard InChI is InChI=1S/C18H22FNO/c1-4-13-5-10-16(20-12-13)11-17(21)18(2,3)14-6-8-15(19)9-7-14/h5-10,12,17,21H,4,11H2,1-3H3. The van der Waals surface area contributed by atoms with Gasteiger partial charge in [0.25, 0.3) is 0 Å². The molecular weight excluding hydrogens is 265 g/mol. The van der Waals surface area contributed by atoms with Gasteiger partial charge in [-0.2, -0.15) is 0 Å². The molecule has 0 aliphatic heterocycles. The molecule has 1 aromatic heterocycles. The number of aryl methyl sites for hydroxylation is 1. The van der Waals surface area contributed by atoms with E-state index in [0.29, 0.717) is 6.42 Å². The van der Waals surface area contributed by atoms with Crippen LogP contribution >= 0.6 is 0 Å². The zero-order valence-corrected chi connectivity index (χ0v) is 12.8. The van der Waals surface area contributed by atoms with Crippen molar-refractivity contribution >= 4 is 0 Å². The van der Waals surface area contributed by atoms with Crippen molar-refractivity contribution in [1.29, 1.82) is 0 Å². The van der Waals surface area contributed by atoms with Gasteiger partial charge in [-0.25, -0.2) is 4.39 Å². The van der Waals surface area contributed by atoms with Gasteiger partial charge in [-0.15, -0.1) is 0 Å². The zero-order valence-electron chi connectivity index (χ0n) is 12.8. The molecule has 0 saturated heterocycles. The summed E-state index contributed by atoms with van der Waals surface area (Å²) < 4.78 is 13.0. The molecule has 1 N–H and O–H groups in total. The highest BCUT2D eigenvalue weighted by molar-refractivity contribution is 5.26. The third-order valence-corrected chi connectivity index (χ3v) is 4.12. The highest BCUT2D eigenvalue weighted by Gasteiger charge is 2.30. The summed E-state index contributed by atoms with van der Waals surface area (Å²) >= 11 is 0. The summed E-state index contributed by atoms with van der Waals surface area (Å²) in [4.78, 5) is 4.39. The van der Waals surface area contributed by atoms with Crippen LogP contribution in [0.3, 0.4) is 0 Å². The summed E-state index contributed by atoms with van der Waals surface area (Å²) in [6.45, 7) is 6.01. The Morgan fingerprint density at radius 2 is 1.81 bits per heavy atom. The van der Waals surface area contributed by atoms with Gasteiger partial charge in [-0.3, -0.25) is 4.98 Å². The van der Waals surface area contributed by atoms with Gasteiger partial charge in [0.05, 0.1) is 6.10 Å². The van der Waals surface area contributed by atoms with Crippen molar-refractivity contribution in [3.63, 3.8) is 0 Å². The number of hydrogen-bond donors (Lipinski definition) is 1. The number of aliphatic hydroxyl groups excluding tert-OH is 1. The van der Waals surface area contributed by atoms with Crippen LogP contribution in [0, 0.1) is 5.82 Å². The van der Waals surface area contributed by atoms with E-state index in [1.807, 2.05) is 32.2 Å². The van der Waals surface area contributed by atoms with Crippen LogP contribution in [-0.4, -0.2) is 16.2 Å². The van der Waals surface area contributed by atoms with Crippen molar-refractivity contribution in [3.05, 3.63) is 65.2 Å². The lowest BCUT2D eigenvalue weighted by molar-refractivity contribution is 0.0990. The third kappa shape index (κ3) is 3.67. The van der Waals surface area contributed by atoms with Crippen LogP contribution in [-0.2, 0) is 18.3 Å². The monoisotopic (exact) mass is 287 g/mol. The highest BCUT2D eigenvalue weighted by atomic mass is 19.1. The van der Waals surface area contributed by atoms with Gasteiger partial charge in [-0.05, 0) is 35.7 Å². The smallest absolute Gasteiger partial charge is 0.123 e. The first-order chi connectivity index (χ1) is 9.93. The number of halogens is 1. The van der Waals surface area contributed by atoms with E-state index in [2.05, 4.69) is 11.9 Å². The maximum absolute atomic E-state index is 13.0. The minimum absolute atomic E-state index is 0.263. The number of hydrogen-bond acceptors (Lipinski definition) is 2. The maximum Gasteiger partial charge on any atom is 0.123 e. The van der Waals surface area contributed by atoms with Gasteiger partial charge in [0.2, 0.25) is 0 Å². The molecular formula is C18H22FNO. The van der Waals surface area contributed by atoms with Gasteiger partial charge in [0, 0.05) is 23.7 Å². The Bertz CT molecular complexity index is 575. The normalized spacial score (nSPS) is 13.2. The van der Waals surface area contributed by atoms with Gasteiger partial charge in [0.1, 0.15) is 5.82 Å². The third-order valence-electron chi connectivity index (χ3n) is 4.12. The summed E-state index contributed by atoms with van der Waals surface area (Å²) in [7, 11) is 0. The van der Waals surface area contributed by atoms with Gasteiger partial charge >= 0.3 is 0 Å². The molecule has 2 nitrogen and oxygen atoms in total. The highest BCUT2D eigenvalue weighted by Crippen LogP contribution is 2.29. The molecule has 1 aromatic carbocycles. The van der Waals surface area contributed by atoms with Crippen LogP contribution in [0.25, 0.3) is 0 Å². The molecule has 2 aromatic rings. The molecule has 1 unspecified atom stereocenters. The Balaban J connectivity index is 2.13. The van der Waals surface area contributed by atoms with E-state index in [0.717, 1.165) is 17.7 Å². The molecule has 0 saturated carbocycles. The molecule has 21 heavy (non-hydrogen) atoms. The first-order valence-electron chi connectivity index (χ1n) is 7.31. The Hall–Kier alpha value is -1.74. The van der Waals surface area contributed by atoms with Gasteiger partial charge < -0.3 is 5.11 Å². The van der Waals surface area contributed by atoms with Crippen molar-refractivity contribution in [3.8, 4) is 0 Å². The SMILES string of the molecule is CCc1ccc(CC(O)C(C)(C)c2ccc(F)cc2)nc1. The Morgan fingerprint density at radius 1 is 1.14 bits per heavy atom. The van der Waals surface area contributed by atoms with E-state index < -0.39 is 11.5 Å². The van der Waals surface area contributed by atoms with E-state index in [4.69, 9.17) is 0 Å². The van der Waals surface area contributed by atoms with Crippen LogP contribution in [0.4, 0.5) is 4.39 Å². The minimum atomic E-state index is -0.581. The van der Waals surface area contributed by atoms with Crippen LogP contribution in [0.5, 0.6) is 0 Å². The maximum atomic E-state index is 13.0. The number of pyridine rings is 1. The molecule has 0 bridgehead atoms. The lowest BCUT2D eigenvalue weighted by atomic mass is 9.77. The lowest BCUT2D eigenvalue weighted by Gasteiger charge is -2.31. The fraction of sp³-hybridized carbons (Fsp3) is 0.389. The topological polar surface area (TPSA) is 33.1 Å². The second-order valence-electron chi connectivity index (χ2n) is 5.96. The van der Waals surface area contributed by atoms with Crippen molar-refractivity contribution in [1.82, 2.24) is 4.98 Å². The summed E-state index contributed by atoms with van der Waals surface area (Å²) in [5.74, 6) is -0.263. The average Bonchev–Trinajstić information content (AvgIpc) is 2.48. The molecule has 0 aliphatic rings. The predicted octanol–water partition coefficient (Wildman–Crippen LogP) is 3.66. The van der Waals surface area contributed by atoms with Crippen LogP contribution in [0.15, 0.2) is 42.6 Å². The van der Waals surface area contributed by atoms with Crippen LogP contribution in [0.1, 0.15) is 37.6 Å². The Morgan fingerprint density at radius 3 is 2.33 bits per heavy atom. The molecule has 0 amide bonds. The molecule has 3 heteroatoms. The molecule has 0 fully saturated rings. The van der Waals surface area contributed by atoms with E-state index in [9.17, 15) is 9.50 Å². The van der Waals surface area contributed by atoms with Crippen molar-refractivity contribution in [2.24, 2.45) is 0 Å². The Kier molecular flexibility index (Phi) is 4.73. The quantitative estimate of drug-likeness (QED) is 0.910. The molecule has 0 spiro atoms. The predicted molar refractivity (Wildman–Crippen MR) is 82.8 cm³/mol. The number of aromatic nitrogens is 1. The molecule has 0 aliphatic carbocycles. The second-order valence-corrected chi connectivity index (χ2v) is 5.96. The molecule has 2 rings (SSSR count). The summed E-state index contributed by atoms with van der Waals surface area (Å²) in [6.07, 6.45) is 2.71. The second kappa shape index (κ2) is 6.35. The van der Waals surface area contributed by atoms with Gasteiger partial charge in [-0.1, -0.05) is 39.0 Å². The molecule has 1 heterocycles. The van der Waals surface area contributed by atoms with Crippen LogP contribution in [0.2, 0.25) is 0 Å². The van der Waals surface area contributed by atoms with Crippen LogP contribution < -0.4 is 0 Å². The minimum Gasteiger partial charge on any atom is -0.392 e. The summed E-state index contributed by atoms with van der Waals surface area (Å²) in [5.41, 5.74) is 2.52.